The Morgan fingerprint density at radius 1 is 1.21 bits per heavy atom. The van der Waals surface area contributed by atoms with Gasteiger partial charge in [-0.2, -0.15) is 0 Å². The summed E-state index contributed by atoms with van der Waals surface area (Å²) in [5, 5.41) is 0. The van der Waals surface area contributed by atoms with Gasteiger partial charge in [-0.15, -0.1) is 0 Å². The molecule has 0 atom stereocenters. The van der Waals surface area contributed by atoms with Crippen LogP contribution in [0.5, 0.6) is 0 Å². The highest BCUT2D eigenvalue weighted by molar-refractivity contribution is 7.71. The molecule has 0 radical (unpaired) electrons. The summed E-state index contributed by atoms with van der Waals surface area (Å²) < 4.78 is 2.75. The number of H-pyrrole nitrogens is 1. The Bertz CT molecular complexity index is 508. The number of para-hydroxylation sites is 1. The molecule has 2 nitrogen and oxygen atoms in total. The van der Waals surface area contributed by atoms with E-state index in [1.165, 1.54) is 5.56 Å². The number of aromatic amines is 1. The maximum atomic E-state index is 5.22. The second-order valence-corrected chi connectivity index (χ2v) is 3.79. The van der Waals surface area contributed by atoms with Crippen LogP contribution in [-0.2, 0) is 0 Å². The van der Waals surface area contributed by atoms with Gasteiger partial charge in [0.15, 0.2) is 4.77 Å². The van der Waals surface area contributed by atoms with Crippen molar-refractivity contribution in [2.45, 2.75) is 13.8 Å². The second-order valence-electron chi connectivity index (χ2n) is 3.40. The Balaban J connectivity index is 2.66. The van der Waals surface area contributed by atoms with Crippen LogP contribution < -0.4 is 0 Å². The number of nitrogens with zero attached hydrogens (tertiary/aromatic N) is 1. The summed E-state index contributed by atoms with van der Waals surface area (Å²) in [6.07, 6.45) is 2.02. The van der Waals surface area contributed by atoms with Crippen LogP contribution in [0.2, 0.25) is 0 Å². The van der Waals surface area contributed by atoms with Gasteiger partial charge < -0.3 is 4.98 Å². The van der Waals surface area contributed by atoms with Gasteiger partial charge in [0.25, 0.3) is 0 Å². The molecule has 0 saturated heterocycles. The Kier molecular flexibility index (Phi) is 2.25. The highest BCUT2D eigenvalue weighted by Gasteiger charge is 2.01. The lowest BCUT2D eigenvalue weighted by Crippen LogP contribution is -1.94. The molecule has 1 heterocycles. The van der Waals surface area contributed by atoms with E-state index >= 15 is 0 Å². The fraction of sp³-hybridized carbons (Fsp3) is 0.182. The van der Waals surface area contributed by atoms with Crippen LogP contribution in [0.15, 0.2) is 30.5 Å². The molecule has 2 rings (SSSR count). The number of imidazole rings is 1. The summed E-state index contributed by atoms with van der Waals surface area (Å²) in [5.41, 5.74) is 3.45. The first-order valence-corrected chi connectivity index (χ1v) is 4.93. The molecule has 0 fully saturated rings. The molecule has 3 heteroatoms. The first-order valence-electron chi connectivity index (χ1n) is 4.53. The molecule has 0 saturated carbocycles. The maximum Gasteiger partial charge on any atom is 0.181 e. The van der Waals surface area contributed by atoms with Gasteiger partial charge in [-0.3, -0.25) is 4.57 Å². The molecule has 0 unspecified atom stereocenters. The van der Waals surface area contributed by atoms with Gasteiger partial charge >= 0.3 is 0 Å². The molecular weight excluding hydrogens is 192 g/mol. The second kappa shape index (κ2) is 3.42. The van der Waals surface area contributed by atoms with Crippen molar-refractivity contribution >= 4 is 12.2 Å². The zero-order valence-corrected chi connectivity index (χ0v) is 9.06. The summed E-state index contributed by atoms with van der Waals surface area (Å²) >= 11 is 5.22. The highest BCUT2D eigenvalue weighted by Crippen LogP contribution is 2.14. The Labute approximate surface area is 88.2 Å². The average Bonchev–Trinajstić information content (AvgIpc) is 2.46. The zero-order valence-electron chi connectivity index (χ0n) is 8.24. The summed E-state index contributed by atoms with van der Waals surface area (Å²) in [4.78, 5) is 3.11. The van der Waals surface area contributed by atoms with Crippen LogP contribution in [0.1, 0.15) is 11.3 Å². The Morgan fingerprint density at radius 2 is 1.93 bits per heavy atom. The van der Waals surface area contributed by atoms with Gasteiger partial charge in [0.05, 0.1) is 5.69 Å². The van der Waals surface area contributed by atoms with Crippen LogP contribution in [0.3, 0.4) is 0 Å². The van der Waals surface area contributed by atoms with E-state index in [1.54, 1.807) is 0 Å². The predicted molar refractivity (Wildman–Crippen MR) is 60.4 cm³/mol. The van der Waals surface area contributed by atoms with Crippen molar-refractivity contribution < 1.29 is 0 Å². The monoisotopic (exact) mass is 204 g/mol. The molecule has 14 heavy (non-hydrogen) atoms. The number of hydrogen-bond acceptors (Lipinski definition) is 1. The minimum absolute atomic E-state index is 0.747. The summed E-state index contributed by atoms with van der Waals surface area (Å²) in [6.45, 7) is 4.09. The fourth-order valence-electron chi connectivity index (χ4n) is 1.53. The Hall–Kier alpha value is -1.35. The third-order valence-electron chi connectivity index (χ3n) is 2.22. The normalized spacial score (nSPS) is 10.4. The van der Waals surface area contributed by atoms with E-state index in [4.69, 9.17) is 12.2 Å². The van der Waals surface area contributed by atoms with E-state index in [0.29, 0.717) is 0 Å². The van der Waals surface area contributed by atoms with Crippen LogP contribution in [-0.4, -0.2) is 9.55 Å². The molecule has 0 amide bonds. The van der Waals surface area contributed by atoms with Crippen molar-refractivity contribution in [2.24, 2.45) is 0 Å². The molecule has 1 aromatic heterocycles. The highest BCUT2D eigenvalue weighted by atomic mass is 32.1. The molecule has 0 aliphatic rings. The minimum Gasteiger partial charge on any atom is -0.335 e. The fourth-order valence-corrected chi connectivity index (χ4v) is 1.84. The molecule has 1 N–H and O–H groups in total. The number of benzene rings is 1. The van der Waals surface area contributed by atoms with Gasteiger partial charge in [-0.1, -0.05) is 18.2 Å². The predicted octanol–water partition coefficient (Wildman–Crippen LogP) is 3.15. The molecule has 0 aliphatic heterocycles. The number of aromatic nitrogens is 2. The topological polar surface area (TPSA) is 20.7 Å². The van der Waals surface area contributed by atoms with Gasteiger partial charge in [0, 0.05) is 11.9 Å². The largest absolute Gasteiger partial charge is 0.335 e. The van der Waals surface area contributed by atoms with Gasteiger partial charge in [0.1, 0.15) is 0 Å². The SMILES string of the molecule is Cc1cn(-c2ccccc2C)c(=S)[nH]1. The van der Waals surface area contributed by atoms with Crippen molar-refractivity contribution in [3.63, 3.8) is 0 Å². The van der Waals surface area contributed by atoms with Gasteiger partial charge in [-0.25, -0.2) is 0 Å². The van der Waals surface area contributed by atoms with E-state index in [1.807, 2.05) is 29.8 Å². The first-order chi connectivity index (χ1) is 6.68. The van der Waals surface area contributed by atoms with Crippen molar-refractivity contribution in [2.75, 3.05) is 0 Å². The quantitative estimate of drug-likeness (QED) is 0.708. The molecular formula is C11H12N2S. The lowest BCUT2D eigenvalue weighted by atomic mass is 10.2. The van der Waals surface area contributed by atoms with Crippen LogP contribution in [0.4, 0.5) is 0 Å². The molecule has 1 aromatic carbocycles. The summed E-state index contributed by atoms with van der Waals surface area (Å²) in [6, 6.07) is 8.20. The summed E-state index contributed by atoms with van der Waals surface area (Å²) in [5.74, 6) is 0. The lowest BCUT2D eigenvalue weighted by molar-refractivity contribution is 1.02. The standard InChI is InChI=1S/C11H12N2S/c1-8-5-3-4-6-10(8)13-7-9(2)12-11(13)14/h3-7H,1-2H3,(H,12,14). The van der Waals surface area contributed by atoms with Gasteiger partial charge in [0.2, 0.25) is 0 Å². The number of nitrogens with one attached hydrogen (secondary N) is 1. The van der Waals surface area contributed by atoms with Crippen LogP contribution in [0, 0.1) is 18.6 Å². The molecule has 0 bridgehead atoms. The minimum atomic E-state index is 0.747. The van der Waals surface area contributed by atoms with Crippen molar-refractivity contribution in [1.29, 1.82) is 0 Å². The smallest absolute Gasteiger partial charge is 0.181 e. The molecule has 72 valence electrons. The van der Waals surface area contributed by atoms with Crippen molar-refractivity contribution in [3.05, 3.63) is 46.5 Å². The van der Waals surface area contributed by atoms with E-state index in [9.17, 15) is 0 Å². The van der Waals surface area contributed by atoms with E-state index in [-0.39, 0.29) is 0 Å². The lowest BCUT2D eigenvalue weighted by Gasteiger charge is -2.05. The maximum absolute atomic E-state index is 5.22. The zero-order chi connectivity index (χ0) is 10.1. The van der Waals surface area contributed by atoms with E-state index in [2.05, 4.69) is 24.0 Å². The molecule has 2 aromatic rings. The molecule has 0 aliphatic carbocycles. The van der Waals surface area contributed by atoms with Gasteiger partial charge in [-0.05, 0) is 37.7 Å². The third-order valence-corrected chi connectivity index (χ3v) is 2.52. The number of aryl methyl sites for hydroxylation is 2. The third kappa shape index (κ3) is 1.51. The van der Waals surface area contributed by atoms with Crippen molar-refractivity contribution in [1.82, 2.24) is 9.55 Å². The van der Waals surface area contributed by atoms with Crippen LogP contribution in [0.25, 0.3) is 5.69 Å². The summed E-state index contributed by atoms with van der Waals surface area (Å²) in [7, 11) is 0. The van der Waals surface area contributed by atoms with Crippen molar-refractivity contribution in [3.8, 4) is 5.69 Å². The van der Waals surface area contributed by atoms with Crippen LogP contribution >= 0.6 is 12.2 Å². The average molecular weight is 204 g/mol. The number of hydrogen-bond donors (Lipinski definition) is 1. The van der Waals surface area contributed by atoms with E-state index < -0.39 is 0 Å². The first kappa shape index (κ1) is 9.21. The molecule has 0 spiro atoms. The Morgan fingerprint density at radius 3 is 2.50 bits per heavy atom. The number of rotatable bonds is 1. The van der Waals surface area contributed by atoms with E-state index in [0.717, 1.165) is 16.2 Å².